The summed E-state index contributed by atoms with van der Waals surface area (Å²) in [5.74, 6) is 1.02. The maximum absolute atomic E-state index is 5.74. The molecule has 2 aromatic rings. The Labute approximate surface area is 123 Å². The monoisotopic (exact) mass is 294 g/mol. The quantitative estimate of drug-likeness (QED) is 0.855. The Balaban J connectivity index is 2.12. The lowest BCUT2D eigenvalue weighted by Gasteiger charge is -2.27. The first kappa shape index (κ1) is 15.6. The van der Waals surface area contributed by atoms with E-state index in [9.17, 15) is 0 Å². The molecule has 0 saturated carbocycles. The van der Waals surface area contributed by atoms with Crippen LogP contribution in [0.4, 0.5) is 0 Å². The van der Waals surface area contributed by atoms with Gasteiger partial charge in [0.25, 0.3) is 0 Å². The van der Waals surface area contributed by atoms with Crippen molar-refractivity contribution in [1.29, 1.82) is 0 Å². The molecule has 116 valence electrons. The van der Waals surface area contributed by atoms with E-state index in [4.69, 9.17) is 15.0 Å². The van der Waals surface area contributed by atoms with Gasteiger partial charge in [0.1, 0.15) is 12.6 Å². The average Bonchev–Trinajstić information content (AvgIpc) is 3.04. The van der Waals surface area contributed by atoms with Crippen LogP contribution in [0, 0.1) is 5.41 Å². The maximum Gasteiger partial charge on any atom is 0.248 e. The van der Waals surface area contributed by atoms with Crippen LogP contribution in [0.1, 0.15) is 51.2 Å². The fourth-order valence-corrected chi connectivity index (χ4v) is 1.97. The third-order valence-corrected chi connectivity index (χ3v) is 2.93. The molecule has 8 nitrogen and oxygen atoms in total. The largest absolute Gasteiger partial charge is 0.370 e. The highest BCUT2D eigenvalue weighted by atomic mass is 16.5. The van der Waals surface area contributed by atoms with E-state index < -0.39 is 0 Å². The molecule has 2 rings (SSSR count). The van der Waals surface area contributed by atoms with E-state index in [2.05, 4.69) is 41.2 Å². The topological polar surface area (TPSA) is 105 Å². The molecule has 1 unspecified atom stereocenters. The van der Waals surface area contributed by atoms with Gasteiger partial charge in [-0.1, -0.05) is 31.1 Å². The van der Waals surface area contributed by atoms with Crippen molar-refractivity contribution in [3.63, 3.8) is 0 Å². The van der Waals surface area contributed by atoms with E-state index in [-0.39, 0.29) is 11.5 Å². The summed E-state index contributed by atoms with van der Waals surface area (Å²) in [4.78, 5) is 4.40. The lowest BCUT2D eigenvalue weighted by molar-refractivity contribution is -0.0203. The zero-order valence-electron chi connectivity index (χ0n) is 12.9. The van der Waals surface area contributed by atoms with Crippen molar-refractivity contribution in [3.05, 3.63) is 23.6 Å². The fraction of sp³-hybridized carbons (Fsp3) is 0.692. The van der Waals surface area contributed by atoms with Gasteiger partial charge >= 0.3 is 0 Å². The van der Waals surface area contributed by atoms with Crippen LogP contribution in [0.25, 0.3) is 0 Å². The first-order chi connectivity index (χ1) is 9.94. The standard InChI is InChI=1S/C13H22N6O2/c1-5-20-11(13(2,3)4)12-15-10(21-17-12)8-19-7-9(6-14)16-18-19/h7,11H,5-6,8,14H2,1-4H3. The van der Waals surface area contributed by atoms with Gasteiger partial charge in [-0.25, -0.2) is 4.68 Å². The SMILES string of the molecule is CCOC(c1noc(Cn2cc(CN)nn2)n1)C(C)(C)C. The number of nitrogens with zero attached hydrogens (tertiary/aromatic N) is 5. The Morgan fingerprint density at radius 1 is 1.43 bits per heavy atom. The summed E-state index contributed by atoms with van der Waals surface area (Å²) >= 11 is 0. The summed E-state index contributed by atoms with van der Waals surface area (Å²) in [5, 5.41) is 11.9. The molecule has 21 heavy (non-hydrogen) atoms. The number of nitrogens with two attached hydrogens (primary N) is 1. The Bertz CT molecular complexity index is 571. The lowest BCUT2D eigenvalue weighted by atomic mass is 9.88. The van der Waals surface area contributed by atoms with Gasteiger partial charge in [-0.15, -0.1) is 5.10 Å². The Morgan fingerprint density at radius 2 is 2.19 bits per heavy atom. The van der Waals surface area contributed by atoms with Crippen molar-refractivity contribution in [3.8, 4) is 0 Å². The van der Waals surface area contributed by atoms with Crippen LogP contribution in [0.15, 0.2) is 10.7 Å². The van der Waals surface area contributed by atoms with Crippen LogP contribution >= 0.6 is 0 Å². The maximum atomic E-state index is 5.74. The molecular weight excluding hydrogens is 272 g/mol. The van der Waals surface area contributed by atoms with Crippen LogP contribution < -0.4 is 5.73 Å². The summed E-state index contributed by atoms with van der Waals surface area (Å²) < 4.78 is 12.6. The Hall–Kier alpha value is -1.80. The van der Waals surface area contributed by atoms with Crippen LogP contribution in [-0.2, 0) is 17.8 Å². The molecule has 2 N–H and O–H groups in total. The summed E-state index contributed by atoms with van der Waals surface area (Å²) in [6.07, 6.45) is 1.54. The second-order valence-electron chi connectivity index (χ2n) is 5.86. The minimum Gasteiger partial charge on any atom is -0.370 e. The number of rotatable bonds is 6. The van der Waals surface area contributed by atoms with Gasteiger partial charge in [-0.3, -0.25) is 0 Å². The number of hydrogen-bond donors (Lipinski definition) is 1. The van der Waals surface area contributed by atoms with Gasteiger partial charge in [0.05, 0.1) is 11.9 Å². The molecule has 0 aliphatic carbocycles. The van der Waals surface area contributed by atoms with Crippen molar-refractivity contribution in [2.24, 2.45) is 11.1 Å². The van der Waals surface area contributed by atoms with Crippen molar-refractivity contribution in [1.82, 2.24) is 25.1 Å². The van der Waals surface area contributed by atoms with Gasteiger partial charge in [-0.05, 0) is 12.3 Å². The zero-order chi connectivity index (χ0) is 15.5. The minimum absolute atomic E-state index is 0.114. The summed E-state index contributed by atoms with van der Waals surface area (Å²) in [5.41, 5.74) is 6.10. The van der Waals surface area contributed by atoms with E-state index in [1.807, 2.05) is 6.92 Å². The zero-order valence-corrected chi connectivity index (χ0v) is 12.9. The van der Waals surface area contributed by atoms with Crippen molar-refractivity contribution < 1.29 is 9.26 Å². The van der Waals surface area contributed by atoms with Gasteiger partial charge in [0, 0.05) is 13.2 Å². The van der Waals surface area contributed by atoms with Crippen molar-refractivity contribution in [2.75, 3.05) is 6.61 Å². The smallest absolute Gasteiger partial charge is 0.248 e. The van der Waals surface area contributed by atoms with E-state index in [1.54, 1.807) is 10.9 Å². The number of aromatic nitrogens is 5. The molecule has 0 aliphatic rings. The molecule has 0 bridgehead atoms. The molecule has 8 heteroatoms. The highest BCUT2D eigenvalue weighted by Gasteiger charge is 2.31. The molecule has 0 spiro atoms. The first-order valence-electron chi connectivity index (χ1n) is 6.97. The molecule has 0 amide bonds. The van der Waals surface area contributed by atoms with E-state index in [0.29, 0.717) is 31.4 Å². The van der Waals surface area contributed by atoms with Gasteiger partial charge in [0.2, 0.25) is 11.7 Å². The lowest BCUT2D eigenvalue weighted by Crippen LogP contribution is -2.22. The third-order valence-electron chi connectivity index (χ3n) is 2.93. The molecule has 0 aromatic carbocycles. The molecule has 0 aliphatic heterocycles. The number of ether oxygens (including phenoxy) is 1. The van der Waals surface area contributed by atoms with Crippen molar-refractivity contribution >= 4 is 0 Å². The molecular formula is C13H22N6O2. The molecule has 0 radical (unpaired) electrons. The fourth-order valence-electron chi connectivity index (χ4n) is 1.97. The third kappa shape index (κ3) is 3.85. The minimum atomic E-state index is -0.213. The van der Waals surface area contributed by atoms with Gasteiger partial charge in [0.15, 0.2) is 0 Å². The van der Waals surface area contributed by atoms with Crippen LogP contribution in [0.2, 0.25) is 0 Å². The first-order valence-corrected chi connectivity index (χ1v) is 6.97. The second kappa shape index (κ2) is 6.31. The van der Waals surface area contributed by atoms with Gasteiger partial charge in [-0.2, -0.15) is 4.98 Å². The number of hydrogen-bond acceptors (Lipinski definition) is 7. The summed E-state index contributed by atoms with van der Waals surface area (Å²) in [6, 6.07) is 0. The molecule has 2 aromatic heterocycles. The highest BCUT2D eigenvalue weighted by Crippen LogP contribution is 2.34. The average molecular weight is 294 g/mol. The molecule has 2 heterocycles. The Kier molecular flexibility index (Phi) is 4.69. The second-order valence-corrected chi connectivity index (χ2v) is 5.86. The van der Waals surface area contributed by atoms with E-state index in [0.717, 1.165) is 5.69 Å². The highest BCUT2D eigenvalue weighted by molar-refractivity contribution is 4.98. The van der Waals surface area contributed by atoms with Crippen molar-refractivity contribution in [2.45, 2.75) is 46.9 Å². The van der Waals surface area contributed by atoms with E-state index in [1.165, 1.54) is 0 Å². The van der Waals surface area contributed by atoms with Crippen LogP contribution in [-0.4, -0.2) is 31.7 Å². The van der Waals surface area contributed by atoms with Gasteiger partial charge < -0.3 is 15.0 Å². The van der Waals surface area contributed by atoms with E-state index >= 15 is 0 Å². The van der Waals surface area contributed by atoms with Crippen LogP contribution in [0.5, 0.6) is 0 Å². The molecule has 0 fully saturated rings. The predicted octanol–water partition coefficient (Wildman–Crippen LogP) is 1.29. The normalized spacial score (nSPS) is 13.6. The van der Waals surface area contributed by atoms with Crippen LogP contribution in [0.3, 0.4) is 0 Å². The molecule has 0 saturated heterocycles. The summed E-state index contributed by atoms with van der Waals surface area (Å²) in [6.45, 7) is 9.49. The predicted molar refractivity (Wildman–Crippen MR) is 75.1 cm³/mol. The Morgan fingerprint density at radius 3 is 2.76 bits per heavy atom. The summed E-state index contributed by atoms with van der Waals surface area (Å²) in [7, 11) is 0. The molecule has 1 atom stereocenters.